The number of rotatable bonds is 12. The number of aliphatic hydroxyl groups excluding tert-OH is 6. The van der Waals surface area contributed by atoms with Crippen LogP contribution in [0.25, 0.3) is 22.2 Å². The van der Waals surface area contributed by atoms with Gasteiger partial charge < -0.3 is 46.1 Å². The molecule has 244 valence electrons. The first kappa shape index (κ1) is 31.7. The van der Waals surface area contributed by atoms with E-state index in [9.17, 15) is 30.6 Å². The lowest BCUT2D eigenvalue weighted by atomic mass is 9.74. The summed E-state index contributed by atoms with van der Waals surface area (Å²) in [5, 5.41) is 62.3. The number of nitrogens with zero attached hydrogens (tertiary/aromatic N) is 6. The van der Waals surface area contributed by atoms with Gasteiger partial charge in [-0.2, -0.15) is 0 Å². The predicted octanol–water partition coefficient (Wildman–Crippen LogP) is -0.789. The lowest BCUT2D eigenvalue weighted by Crippen LogP contribution is -2.54. The zero-order valence-electron chi connectivity index (χ0n) is 25.3. The van der Waals surface area contributed by atoms with Crippen molar-refractivity contribution < 1.29 is 35.4 Å². The SMILES string of the molecule is CC(C)N(CC1OC(n2cnc3c(N)ncnc32)C(O)C1O)C1CC(C(O)Cc2nc3ccc(C(CO)(CO)CO)cc3[nH]2)C1. The third-order valence-corrected chi connectivity index (χ3v) is 9.67. The Hall–Kier alpha value is -3.28. The fourth-order valence-corrected chi connectivity index (χ4v) is 6.65. The first-order valence-corrected chi connectivity index (χ1v) is 15.3. The summed E-state index contributed by atoms with van der Waals surface area (Å²) in [4.78, 5) is 22.5. The number of aromatic amines is 1. The molecule has 5 atom stereocenters. The Morgan fingerprint density at radius 2 is 1.82 bits per heavy atom. The average molecular weight is 627 g/mol. The second kappa shape index (κ2) is 12.5. The number of aromatic nitrogens is 6. The molecule has 1 saturated heterocycles. The zero-order chi connectivity index (χ0) is 32.0. The maximum Gasteiger partial charge on any atom is 0.167 e. The number of H-pyrrole nitrogens is 1. The highest BCUT2D eigenvalue weighted by Gasteiger charge is 2.47. The predicted molar refractivity (Wildman–Crippen MR) is 163 cm³/mol. The summed E-state index contributed by atoms with van der Waals surface area (Å²) in [6, 6.07) is 5.57. The van der Waals surface area contributed by atoms with Crippen molar-refractivity contribution in [1.82, 2.24) is 34.4 Å². The second-order valence-electron chi connectivity index (χ2n) is 12.7. The van der Waals surface area contributed by atoms with Gasteiger partial charge in [-0.15, -0.1) is 0 Å². The molecule has 4 heterocycles. The van der Waals surface area contributed by atoms with Gasteiger partial charge in [0.1, 0.15) is 36.0 Å². The Labute approximate surface area is 259 Å². The number of aliphatic hydroxyl groups is 6. The highest BCUT2D eigenvalue weighted by molar-refractivity contribution is 5.81. The summed E-state index contributed by atoms with van der Waals surface area (Å²) in [6.45, 7) is 3.34. The topological polar surface area (TPSA) is 232 Å². The molecule has 1 aromatic carbocycles. The molecule has 0 amide bonds. The van der Waals surface area contributed by atoms with Crippen LogP contribution in [0.15, 0.2) is 30.9 Å². The van der Waals surface area contributed by atoms with E-state index < -0.39 is 55.9 Å². The smallest absolute Gasteiger partial charge is 0.167 e. The van der Waals surface area contributed by atoms with Gasteiger partial charge in [0.2, 0.25) is 0 Å². The summed E-state index contributed by atoms with van der Waals surface area (Å²) in [7, 11) is 0. The van der Waals surface area contributed by atoms with Crippen LogP contribution in [0.4, 0.5) is 5.82 Å². The van der Waals surface area contributed by atoms with Gasteiger partial charge in [-0.05, 0) is 50.3 Å². The van der Waals surface area contributed by atoms with Crippen LogP contribution in [-0.4, -0.2) is 128 Å². The monoisotopic (exact) mass is 626 g/mol. The molecule has 1 aliphatic carbocycles. The van der Waals surface area contributed by atoms with Crippen molar-refractivity contribution in [1.29, 1.82) is 0 Å². The minimum atomic E-state index is -1.19. The van der Waals surface area contributed by atoms with E-state index in [1.165, 1.54) is 12.7 Å². The number of nitrogens with two attached hydrogens (primary N) is 1. The van der Waals surface area contributed by atoms with Crippen molar-refractivity contribution in [3.05, 3.63) is 42.2 Å². The van der Waals surface area contributed by atoms with E-state index in [1.807, 2.05) is 0 Å². The van der Waals surface area contributed by atoms with Crippen LogP contribution in [-0.2, 0) is 16.6 Å². The molecular weight excluding hydrogens is 584 g/mol. The largest absolute Gasteiger partial charge is 0.395 e. The summed E-state index contributed by atoms with van der Waals surface area (Å²) >= 11 is 0. The Kier molecular flexibility index (Phi) is 8.80. The van der Waals surface area contributed by atoms with Crippen molar-refractivity contribution in [2.24, 2.45) is 5.92 Å². The van der Waals surface area contributed by atoms with Gasteiger partial charge in [0, 0.05) is 25.0 Å². The molecule has 2 fully saturated rings. The van der Waals surface area contributed by atoms with Crippen LogP contribution in [0.5, 0.6) is 0 Å². The normalized spacial score (nSPS) is 26.4. The minimum absolute atomic E-state index is 0.0565. The summed E-state index contributed by atoms with van der Waals surface area (Å²) in [6.07, 6.45) is 0.155. The van der Waals surface area contributed by atoms with Gasteiger partial charge in [0.05, 0.1) is 48.7 Å². The molecule has 6 rings (SSSR count). The van der Waals surface area contributed by atoms with Gasteiger partial charge in [-0.3, -0.25) is 9.47 Å². The van der Waals surface area contributed by atoms with E-state index in [0.717, 1.165) is 12.8 Å². The van der Waals surface area contributed by atoms with Crippen LogP contribution in [0.3, 0.4) is 0 Å². The minimum Gasteiger partial charge on any atom is -0.395 e. The van der Waals surface area contributed by atoms with Gasteiger partial charge in [-0.25, -0.2) is 19.9 Å². The number of nitrogens with one attached hydrogen (secondary N) is 1. The van der Waals surface area contributed by atoms with Crippen LogP contribution < -0.4 is 5.73 Å². The third kappa shape index (κ3) is 5.67. The highest BCUT2D eigenvalue weighted by Crippen LogP contribution is 2.39. The van der Waals surface area contributed by atoms with Crippen LogP contribution in [0.2, 0.25) is 0 Å². The number of anilines is 1. The number of hydrogen-bond donors (Lipinski definition) is 8. The highest BCUT2D eigenvalue weighted by atomic mass is 16.6. The molecule has 0 bridgehead atoms. The molecule has 15 heteroatoms. The maximum atomic E-state index is 11.1. The van der Waals surface area contributed by atoms with Crippen molar-refractivity contribution in [2.45, 2.75) is 81.3 Å². The number of benzene rings is 1. The fraction of sp³-hybridized carbons (Fsp3) is 0.600. The van der Waals surface area contributed by atoms with E-state index in [1.54, 1.807) is 22.8 Å². The van der Waals surface area contributed by atoms with Crippen molar-refractivity contribution >= 4 is 28.0 Å². The Morgan fingerprint density at radius 1 is 1.09 bits per heavy atom. The van der Waals surface area contributed by atoms with E-state index in [4.69, 9.17) is 10.5 Å². The quantitative estimate of drug-likeness (QED) is 0.0965. The number of fused-ring (bicyclic) bond motifs is 2. The van der Waals surface area contributed by atoms with Crippen molar-refractivity contribution in [2.75, 3.05) is 32.1 Å². The molecule has 5 unspecified atom stereocenters. The van der Waals surface area contributed by atoms with Crippen LogP contribution in [0.1, 0.15) is 44.3 Å². The number of ether oxygens (including phenoxy) is 1. The third-order valence-electron chi connectivity index (χ3n) is 9.67. The number of nitrogen functional groups attached to an aromatic ring is 1. The molecule has 1 aliphatic heterocycles. The Morgan fingerprint density at radius 3 is 2.51 bits per heavy atom. The lowest BCUT2D eigenvalue weighted by molar-refractivity contribution is -0.0713. The molecular formula is C30H42N8O7. The first-order valence-electron chi connectivity index (χ1n) is 15.3. The summed E-state index contributed by atoms with van der Waals surface area (Å²) in [5.74, 6) is 0.903. The maximum absolute atomic E-state index is 11.1. The van der Waals surface area contributed by atoms with Crippen LogP contribution in [0, 0.1) is 5.92 Å². The molecule has 0 spiro atoms. The van der Waals surface area contributed by atoms with E-state index in [-0.39, 0.29) is 23.8 Å². The second-order valence-corrected chi connectivity index (χ2v) is 12.7. The molecule has 15 nitrogen and oxygen atoms in total. The van der Waals surface area contributed by atoms with E-state index >= 15 is 0 Å². The molecule has 0 radical (unpaired) electrons. The molecule has 45 heavy (non-hydrogen) atoms. The van der Waals surface area contributed by atoms with Gasteiger partial charge >= 0.3 is 0 Å². The molecule has 4 aromatic rings. The lowest BCUT2D eigenvalue weighted by Gasteiger charge is -2.47. The van der Waals surface area contributed by atoms with E-state index in [2.05, 4.69) is 43.7 Å². The first-order chi connectivity index (χ1) is 21.6. The molecule has 3 aromatic heterocycles. The Balaban J connectivity index is 1.08. The standard InChI is InChI=1S/C30H42N8O7/c1-15(2)37(9-22-25(43)26(44)29(45-22)38-14-34-24-27(31)32-13-33-28(24)38)18-5-16(6-18)21(42)8-23-35-19-4-3-17(7-20(19)36-23)30(10-39,11-40)12-41/h3-4,7,13-16,18,21-22,25-26,29,39-44H,5-6,8-12H2,1-2H3,(H,35,36)(H2,31,32,33). The molecule has 9 N–H and O–H groups in total. The zero-order valence-corrected chi connectivity index (χ0v) is 25.3. The Bertz CT molecular complexity index is 1610. The van der Waals surface area contributed by atoms with Gasteiger partial charge in [0.15, 0.2) is 17.7 Å². The molecule has 1 saturated carbocycles. The number of imidazole rings is 2. The summed E-state index contributed by atoms with van der Waals surface area (Å²) < 4.78 is 7.75. The van der Waals surface area contributed by atoms with Gasteiger partial charge in [-0.1, -0.05) is 6.07 Å². The summed E-state index contributed by atoms with van der Waals surface area (Å²) in [5.41, 5.74) is 7.55. The molecule has 2 aliphatic rings. The fourth-order valence-electron chi connectivity index (χ4n) is 6.65. The van der Waals surface area contributed by atoms with E-state index in [0.29, 0.717) is 46.6 Å². The number of hydrogen-bond acceptors (Lipinski definition) is 13. The van der Waals surface area contributed by atoms with Crippen molar-refractivity contribution in [3.63, 3.8) is 0 Å². The average Bonchev–Trinajstić information content (AvgIpc) is 3.69. The van der Waals surface area contributed by atoms with Crippen molar-refractivity contribution in [3.8, 4) is 0 Å². The van der Waals surface area contributed by atoms with Gasteiger partial charge in [0.25, 0.3) is 0 Å². The van der Waals surface area contributed by atoms with Crippen LogP contribution >= 0.6 is 0 Å².